The van der Waals surface area contributed by atoms with Crippen LogP contribution in [-0.2, 0) is 0 Å². The standard InChI is InChI=1S/C20H14O8/c1-25-15-3-9(4-16(26-2)19(15)22)12-5-10-6-17(20(23)24)28-14-8-11(21)7-13(27-12)18(10)14/h3-8,22H,1-2H3,(H,23,24)/p+1. The summed E-state index contributed by atoms with van der Waals surface area (Å²) in [6.07, 6.45) is 0. The Labute approximate surface area is 157 Å². The topological polar surface area (TPSA) is 124 Å². The molecule has 8 heteroatoms. The minimum atomic E-state index is -1.24. The van der Waals surface area contributed by atoms with Crippen molar-refractivity contribution in [2.24, 2.45) is 0 Å². The van der Waals surface area contributed by atoms with E-state index < -0.39 is 5.97 Å². The van der Waals surface area contributed by atoms with Gasteiger partial charge in [-0.05, 0) is 29.7 Å². The van der Waals surface area contributed by atoms with Crippen LogP contribution in [0.1, 0.15) is 10.6 Å². The maximum atomic E-state index is 11.4. The number of phenolic OH excluding ortho intramolecular Hbond substituents is 1. The molecule has 0 aliphatic carbocycles. The molecule has 2 aromatic heterocycles. The summed E-state index contributed by atoms with van der Waals surface area (Å²) < 4.78 is 21.6. The zero-order valence-electron chi connectivity index (χ0n) is 14.8. The summed E-state index contributed by atoms with van der Waals surface area (Å²) in [5.74, 6) is -0.967. The van der Waals surface area contributed by atoms with Gasteiger partial charge in [0, 0.05) is 5.56 Å². The molecule has 0 aliphatic heterocycles. The Bertz CT molecular complexity index is 1270. The van der Waals surface area contributed by atoms with Crippen molar-refractivity contribution in [3.8, 4) is 28.6 Å². The van der Waals surface area contributed by atoms with Crippen LogP contribution in [0.5, 0.6) is 17.2 Å². The highest BCUT2D eigenvalue weighted by atomic mass is 16.5. The summed E-state index contributed by atoms with van der Waals surface area (Å²) >= 11 is 0. The molecule has 4 rings (SSSR count). The number of rotatable bonds is 4. The normalized spacial score (nSPS) is 11.1. The second kappa shape index (κ2) is 6.34. The van der Waals surface area contributed by atoms with E-state index in [2.05, 4.69) is 0 Å². The predicted molar refractivity (Wildman–Crippen MR) is 98.2 cm³/mol. The molecular weight excluding hydrogens is 368 g/mol. The SMILES string of the molecule is COc1cc(-c2cc3cc(C(=O)O)oc4cc(=[OH+])cc(o2)c34)cc(OC)c1O. The van der Waals surface area contributed by atoms with Crippen LogP contribution in [0.15, 0.2) is 45.2 Å². The lowest BCUT2D eigenvalue weighted by molar-refractivity contribution is 0.0663. The van der Waals surface area contributed by atoms with Crippen LogP contribution in [0.3, 0.4) is 0 Å². The van der Waals surface area contributed by atoms with Crippen LogP contribution in [-0.4, -0.2) is 35.2 Å². The fraction of sp³-hybridized carbons (Fsp3) is 0.100. The largest absolute Gasteiger partial charge is 0.502 e. The highest BCUT2D eigenvalue weighted by Gasteiger charge is 2.19. The molecule has 28 heavy (non-hydrogen) atoms. The average molecular weight is 383 g/mol. The van der Waals surface area contributed by atoms with Crippen molar-refractivity contribution in [2.75, 3.05) is 14.2 Å². The first kappa shape index (κ1) is 17.5. The number of methoxy groups -OCH3 is 2. The average Bonchev–Trinajstić information content (AvgIpc) is 2.67. The molecule has 0 radical (unpaired) electrons. The van der Waals surface area contributed by atoms with E-state index >= 15 is 0 Å². The van der Waals surface area contributed by atoms with Crippen LogP contribution in [0.25, 0.3) is 33.3 Å². The van der Waals surface area contributed by atoms with Crippen molar-refractivity contribution >= 4 is 27.9 Å². The summed E-state index contributed by atoms with van der Waals surface area (Å²) in [5, 5.41) is 20.5. The Morgan fingerprint density at radius 1 is 0.964 bits per heavy atom. The molecule has 0 amide bonds. The van der Waals surface area contributed by atoms with Gasteiger partial charge < -0.3 is 28.5 Å². The van der Waals surface area contributed by atoms with Gasteiger partial charge in [0.25, 0.3) is 0 Å². The number of carboxylic acid groups (broad SMARTS) is 1. The number of hydrogen-bond acceptors (Lipinski definition) is 6. The van der Waals surface area contributed by atoms with Gasteiger partial charge in [-0.3, -0.25) is 4.79 Å². The second-order valence-electron chi connectivity index (χ2n) is 6.03. The number of benzene rings is 2. The van der Waals surface area contributed by atoms with Crippen LogP contribution in [0.2, 0.25) is 0 Å². The molecule has 0 saturated heterocycles. The van der Waals surface area contributed by atoms with Gasteiger partial charge in [0.2, 0.25) is 11.5 Å². The van der Waals surface area contributed by atoms with E-state index in [4.69, 9.17) is 18.3 Å². The third kappa shape index (κ3) is 2.71. The molecule has 8 nitrogen and oxygen atoms in total. The number of phenols is 1. The molecule has 2 heterocycles. The first-order valence-corrected chi connectivity index (χ1v) is 8.13. The van der Waals surface area contributed by atoms with Crippen molar-refractivity contribution in [3.63, 3.8) is 0 Å². The van der Waals surface area contributed by atoms with E-state index in [1.165, 1.54) is 32.4 Å². The first-order valence-electron chi connectivity index (χ1n) is 8.13. The van der Waals surface area contributed by atoms with Gasteiger partial charge in [-0.15, -0.1) is 0 Å². The Balaban J connectivity index is 2.07. The molecule has 0 aliphatic rings. The number of ether oxygens (including phenoxy) is 2. The van der Waals surface area contributed by atoms with E-state index in [1.807, 2.05) is 0 Å². The predicted octanol–water partition coefficient (Wildman–Crippen LogP) is 3.27. The van der Waals surface area contributed by atoms with Crippen molar-refractivity contribution in [1.29, 1.82) is 0 Å². The van der Waals surface area contributed by atoms with Gasteiger partial charge >= 0.3 is 11.4 Å². The van der Waals surface area contributed by atoms with Gasteiger partial charge in [-0.25, -0.2) is 4.79 Å². The van der Waals surface area contributed by atoms with E-state index in [0.29, 0.717) is 27.7 Å². The Morgan fingerprint density at radius 2 is 1.57 bits per heavy atom. The van der Waals surface area contributed by atoms with Gasteiger partial charge in [0.05, 0.1) is 31.7 Å². The lowest BCUT2D eigenvalue weighted by Gasteiger charge is -2.12. The zero-order chi connectivity index (χ0) is 20.0. The molecule has 0 atom stereocenters. The highest BCUT2D eigenvalue weighted by molar-refractivity contribution is 6.07. The minimum absolute atomic E-state index is 0.137. The number of hydrogen-bond donors (Lipinski definition) is 2. The highest BCUT2D eigenvalue weighted by Crippen LogP contribution is 2.41. The number of aromatic hydroxyl groups is 1. The van der Waals surface area contributed by atoms with E-state index in [-0.39, 0.29) is 34.0 Å². The summed E-state index contributed by atoms with van der Waals surface area (Å²) in [5.41, 5.74) is 0.864. The molecule has 142 valence electrons. The maximum absolute atomic E-state index is 11.4. The Kier molecular flexibility index (Phi) is 3.96. The van der Waals surface area contributed by atoms with E-state index in [9.17, 15) is 19.8 Å². The lowest BCUT2D eigenvalue weighted by atomic mass is 10.1. The quantitative estimate of drug-likeness (QED) is 0.518. The smallest absolute Gasteiger partial charge is 0.371 e. The zero-order valence-corrected chi connectivity index (χ0v) is 14.8. The molecule has 0 bridgehead atoms. The first-order chi connectivity index (χ1) is 13.4. The third-order valence-electron chi connectivity index (χ3n) is 4.33. The Morgan fingerprint density at radius 3 is 2.14 bits per heavy atom. The molecule has 0 unspecified atom stereocenters. The molecule has 0 fully saturated rings. The second-order valence-corrected chi connectivity index (χ2v) is 6.03. The fourth-order valence-electron chi connectivity index (χ4n) is 3.07. The maximum Gasteiger partial charge on any atom is 0.371 e. The molecule has 0 saturated carbocycles. The van der Waals surface area contributed by atoms with Crippen molar-refractivity contribution < 1.29 is 38.1 Å². The number of carbonyl (C=O) groups is 1. The summed E-state index contributed by atoms with van der Waals surface area (Å²) in [6, 6.07) is 8.86. The van der Waals surface area contributed by atoms with Crippen molar-refractivity contribution in [3.05, 3.63) is 47.6 Å². The molecule has 0 spiro atoms. The number of aromatic carboxylic acids is 1. The van der Waals surface area contributed by atoms with Crippen molar-refractivity contribution in [1.82, 2.24) is 0 Å². The third-order valence-corrected chi connectivity index (χ3v) is 4.33. The van der Waals surface area contributed by atoms with Gasteiger partial charge in [-0.2, -0.15) is 0 Å². The summed E-state index contributed by atoms with van der Waals surface area (Å²) in [4.78, 5) is 21.4. The molecule has 2 aromatic carbocycles. The summed E-state index contributed by atoms with van der Waals surface area (Å²) in [7, 11) is 2.81. The molecule has 4 aromatic rings. The summed E-state index contributed by atoms with van der Waals surface area (Å²) in [6.45, 7) is 0. The fourth-order valence-corrected chi connectivity index (χ4v) is 3.07. The monoisotopic (exact) mass is 383 g/mol. The molecule has 3 N–H and O–H groups in total. The minimum Gasteiger partial charge on any atom is -0.502 e. The van der Waals surface area contributed by atoms with E-state index in [1.54, 1.807) is 18.2 Å². The van der Waals surface area contributed by atoms with Gasteiger partial charge in [-0.1, -0.05) is 0 Å². The van der Waals surface area contributed by atoms with Crippen molar-refractivity contribution in [2.45, 2.75) is 0 Å². The van der Waals surface area contributed by atoms with Crippen LogP contribution < -0.4 is 14.9 Å². The molecular formula is C20H15O8+. The Hall–Kier alpha value is -3.94. The van der Waals surface area contributed by atoms with Gasteiger partial charge in [0.15, 0.2) is 11.5 Å². The van der Waals surface area contributed by atoms with Crippen LogP contribution in [0, 0.1) is 0 Å². The van der Waals surface area contributed by atoms with Gasteiger partial charge in [0.1, 0.15) is 16.9 Å². The lowest BCUT2D eigenvalue weighted by Crippen LogP contribution is -2.02. The van der Waals surface area contributed by atoms with Crippen LogP contribution >= 0.6 is 0 Å². The van der Waals surface area contributed by atoms with E-state index in [0.717, 1.165) is 0 Å². The number of carboxylic acids is 1. The van der Waals surface area contributed by atoms with Crippen LogP contribution in [0.4, 0.5) is 0 Å².